The van der Waals surface area contributed by atoms with Gasteiger partial charge in [-0.3, -0.25) is 9.89 Å². The van der Waals surface area contributed by atoms with Crippen molar-refractivity contribution in [3.8, 4) is 0 Å². The lowest BCUT2D eigenvalue weighted by molar-refractivity contribution is 0.0792. The number of rotatable bonds is 2. The lowest BCUT2D eigenvalue weighted by Gasteiger charge is -2.17. The Hall–Kier alpha value is -2.76. The summed E-state index contributed by atoms with van der Waals surface area (Å²) in [6.45, 7) is 1.42. The van der Waals surface area contributed by atoms with Gasteiger partial charge in [0.15, 0.2) is 0 Å². The van der Waals surface area contributed by atoms with Crippen LogP contribution in [-0.4, -0.2) is 38.7 Å². The smallest absolute Gasteiger partial charge is 0.254 e. The number of aryl methyl sites for hydroxylation is 1. The van der Waals surface area contributed by atoms with Crippen LogP contribution in [0, 0.1) is 0 Å². The van der Waals surface area contributed by atoms with E-state index in [4.69, 9.17) is 5.73 Å². The van der Waals surface area contributed by atoms with Gasteiger partial charge in [0.25, 0.3) is 5.91 Å². The van der Waals surface area contributed by atoms with Crippen molar-refractivity contribution in [2.45, 2.75) is 12.3 Å². The van der Waals surface area contributed by atoms with Crippen LogP contribution >= 0.6 is 0 Å². The van der Waals surface area contributed by atoms with E-state index in [0.29, 0.717) is 12.2 Å². The second-order valence-electron chi connectivity index (χ2n) is 6.14. The number of hydrogen-bond acceptors (Lipinski definition) is 3. The molecule has 1 aliphatic heterocycles. The molecule has 2 aromatic heterocycles. The lowest BCUT2D eigenvalue weighted by atomic mass is 10.0. The van der Waals surface area contributed by atoms with Crippen LogP contribution < -0.4 is 5.73 Å². The maximum absolute atomic E-state index is 12.9. The van der Waals surface area contributed by atoms with Gasteiger partial charge in [-0.1, -0.05) is 6.07 Å². The third-order valence-electron chi connectivity index (χ3n) is 4.74. The van der Waals surface area contributed by atoms with Crippen molar-refractivity contribution in [2.24, 2.45) is 7.05 Å². The molecular formula is C17H19N5O. The zero-order valence-corrected chi connectivity index (χ0v) is 13.0. The summed E-state index contributed by atoms with van der Waals surface area (Å²) in [5, 5.41) is 7.95. The number of nitrogen functional groups attached to an aromatic ring is 1. The van der Waals surface area contributed by atoms with Gasteiger partial charge in [-0.2, -0.15) is 5.10 Å². The minimum absolute atomic E-state index is 0.0855. The minimum Gasteiger partial charge on any atom is -0.396 e. The maximum atomic E-state index is 12.9. The summed E-state index contributed by atoms with van der Waals surface area (Å²) >= 11 is 0. The number of aromatic nitrogens is 3. The number of benzene rings is 1. The Labute approximate surface area is 133 Å². The lowest BCUT2D eigenvalue weighted by Crippen LogP contribution is -2.28. The fourth-order valence-corrected chi connectivity index (χ4v) is 3.47. The molecule has 0 aliphatic carbocycles. The molecule has 0 bridgehead atoms. The molecule has 0 radical (unpaired) electrons. The first-order valence-corrected chi connectivity index (χ1v) is 7.77. The van der Waals surface area contributed by atoms with Gasteiger partial charge in [-0.05, 0) is 24.6 Å². The Morgan fingerprint density at radius 3 is 3.04 bits per heavy atom. The van der Waals surface area contributed by atoms with E-state index in [1.54, 1.807) is 6.20 Å². The highest BCUT2D eigenvalue weighted by Crippen LogP contribution is 2.31. The summed E-state index contributed by atoms with van der Waals surface area (Å²) in [5.74, 6) is 0.318. The first kappa shape index (κ1) is 13.9. The zero-order valence-electron chi connectivity index (χ0n) is 13.0. The van der Waals surface area contributed by atoms with Crippen molar-refractivity contribution >= 4 is 22.5 Å². The molecule has 1 aromatic carbocycles. The molecule has 6 heteroatoms. The Bertz CT molecular complexity index is 878. The number of carbonyl (C=O) groups is 1. The molecule has 6 nitrogen and oxygen atoms in total. The molecule has 1 amide bonds. The van der Waals surface area contributed by atoms with Crippen LogP contribution in [0.4, 0.5) is 5.69 Å². The van der Waals surface area contributed by atoms with Crippen molar-refractivity contribution in [3.63, 3.8) is 0 Å². The van der Waals surface area contributed by atoms with Crippen molar-refractivity contribution < 1.29 is 4.79 Å². The van der Waals surface area contributed by atoms with Gasteiger partial charge >= 0.3 is 0 Å². The van der Waals surface area contributed by atoms with Crippen LogP contribution in [0.1, 0.15) is 28.4 Å². The van der Waals surface area contributed by atoms with Crippen molar-refractivity contribution in [2.75, 3.05) is 18.8 Å². The molecular weight excluding hydrogens is 290 g/mol. The number of hydrogen-bond donors (Lipinski definition) is 2. The molecule has 4 rings (SSSR count). The first-order valence-electron chi connectivity index (χ1n) is 7.77. The molecule has 1 aliphatic rings. The SMILES string of the molecule is Cn1ccc2c(C(=O)N3CCC(c4[nH]ncc4N)C3)cccc21. The van der Waals surface area contributed by atoms with Crippen LogP contribution in [0.3, 0.4) is 0 Å². The Kier molecular flexibility index (Phi) is 3.11. The average molecular weight is 309 g/mol. The number of nitrogens with two attached hydrogens (primary N) is 1. The molecule has 1 unspecified atom stereocenters. The summed E-state index contributed by atoms with van der Waals surface area (Å²) < 4.78 is 2.03. The van der Waals surface area contributed by atoms with Crippen LogP contribution in [0.15, 0.2) is 36.7 Å². The predicted octanol–water partition coefficient (Wildman–Crippen LogP) is 2.11. The van der Waals surface area contributed by atoms with Gasteiger partial charge in [-0.15, -0.1) is 0 Å². The summed E-state index contributed by atoms with van der Waals surface area (Å²) in [6, 6.07) is 7.88. The molecule has 0 spiro atoms. The molecule has 0 saturated carbocycles. The molecule has 23 heavy (non-hydrogen) atoms. The molecule has 1 fully saturated rings. The van der Waals surface area contributed by atoms with E-state index in [2.05, 4.69) is 10.2 Å². The number of H-pyrrole nitrogens is 1. The van der Waals surface area contributed by atoms with Crippen molar-refractivity contribution in [3.05, 3.63) is 47.9 Å². The molecule has 1 atom stereocenters. The van der Waals surface area contributed by atoms with Crippen LogP contribution in [0.2, 0.25) is 0 Å². The summed E-state index contributed by atoms with van der Waals surface area (Å²) in [6.07, 6.45) is 4.52. The highest BCUT2D eigenvalue weighted by atomic mass is 16.2. The first-order chi connectivity index (χ1) is 11.1. The summed E-state index contributed by atoms with van der Waals surface area (Å²) in [5.41, 5.74) is 9.39. The van der Waals surface area contributed by atoms with Gasteiger partial charge < -0.3 is 15.2 Å². The molecule has 3 aromatic rings. The van der Waals surface area contributed by atoms with E-state index in [0.717, 1.165) is 35.1 Å². The predicted molar refractivity (Wildman–Crippen MR) is 89.2 cm³/mol. The monoisotopic (exact) mass is 309 g/mol. The normalized spacial score (nSPS) is 18.0. The van der Waals surface area contributed by atoms with Gasteiger partial charge in [0, 0.05) is 48.7 Å². The van der Waals surface area contributed by atoms with Gasteiger partial charge in [-0.25, -0.2) is 0 Å². The number of anilines is 1. The van der Waals surface area contributed by atoms with E-state index in [-0.39, 0.29) is 11.8 Å². The Morgan fingerprint density at radius 1 is 1.39 bits per heavy atom. The molecule has 3 N–H and O–H groups in total. The van der Waals surface area contributed by atoms with Gasteiger partial charge in [0.1, 0.15) is 0 Å². The number of amides is 1. The second-order valence-corrected chi connectivity index (χ2v) is 6.14. The molecule has 3 heterocycles. The van der Waals surface area contributed by atoms with E-state index >= 15 is 0 Å². The fourth-order valence-electron chi connectivity index (χ4n) is 3.47. The second kappa shape index (κ2) is 5.15. The average Bonchev–Trinajstić information content (AvgIpc) is 3.27. The van der Waals surface area contributed by atoms with Crippen LogP contribution in [0.25, 0.3) is 10.9 Å². The number of fused-ring (bicyclic) bond motifs is 1. The molecule has 118 valence electrons. The third-order valence-corrected chi connectivity index (χ3v) is 4.74. The van der Waals surface area contributed by atoms with E-state index in [1.165, 1.54) is 0 Å². The standard InChI is InChI=1S/C17H19N5O/c1-21-7-6-12-13(3-2-4-15(12)21)17(23)22-8-5-11(10-22)16-14(18)9-19-20-16/h2-4,6-7,9,11H,5,8,10,18H2,1H3,(H,19,20). The van der Waals surface area contributed by atoms with E-state index < -0.39 is 0 Å². The van der Waals surface area contributed by atoms with Crippen LogP contribution in [0.5, 0.6) is 0 Å². The topological polar surface area (TPSA) is 79.9 Å². The van der Waals surface area contributed by atoms with E-state index in [1.807, 2.05) is 47.0 Å². The Balaban J connectivity index is 1.61. The summed E-state index contributed by atoms with van der Waals surface area (Å²) in [4.78, 5) is 14.8. The number of aromatic amines is 1. The third kappa shape index (κ3) is 2.18. The highest BCUT2D eigenvalue weighted by Gasteiger charge is 2.30. The number of nitrogens with one attached hydrogen (secondary N) is 1. The van der Waals surface area contributed by atoms with Crippen molar-refractivity contribution in [1.29, 1.82) is 0 Å². The van der Waals surface area contributed by atoms with Gasteiger partial charge in [0.05, 0.1) is 17.6 Å². The van der Waals surface area contributed by atoms with Gasteiger partial charge in [0.2, 0.25) is 0 Å². The summed E-state index contributed by atoms with van der Waals surface area (Å²) in [7, 11) is 1.99. The van der Waals surface area contributed by atoms with Crippen LogP contribution in [-0.2, 0) is 7.05 Å². The van der Waals surface area contributed by atoms with Crippen molar-refractivity contribution in [1.82, 2.24) is 19.7 Å². The minimum atomic E-state index is 0.0855. The quantitative estimate of drug-likeness (QED) is 0.761. The molecule has 1 saturated heterocycles. The highest BCUT2D eigenvalue weighted by molar-refractivity contribution is 6.06. The van der Waals surface area contributed by atoms with E-state index in [9.17, 15) is 4.79 Å². The Morgan fingerprint density at radius 2 is 2.26 bits per heavy atom. The zero-order chi connectivity index (χ0) is 16.0. The maximum Gasteiger partial charge on any atom is 0.254 e. The number of nitrogens with zero attached hydrogens (tertiary/aromatic N) is 3. The fraction of sp³-hybridized carbons (Fsp3) is 0.294. The number of carbonyl (C=O) groups excluding carboxylic acids is 1. The largest absolute Gasteiger partial charge is 0.396 e. The number of likely N-dealkylation sites (tertiary alicyclic amines) is 1.